The smallest absolute Gasteiger partial charge is 0.410 e. The van der Waals surface area contributed by atoms with Crippen molar-refractivity contribution >= 4 is 23.4 Å². The monoisotopic (exact) mass is 395 g/mol. The molecular formula is C17H21N3O8. The van der Waals surface area contributed by atoms with Gasteiger partial charge < -0.3 is 14.4 Å². The third-order valence-corrected chi connectivity index (χ3v) is 3.93. The van der Waals surface area contributed by atoms with E-state index in [9.17, 15) is 29.8 Å². The zero-order valence-electron chi connectivity index (χ0n) is 15.7. The van der Waals surface area contributed by atoms with Gasteiger partial charge >= 0.3 is 12.1 Å². The number of rotatable bonds is 4. The molecule has 1 amide bonds. The number of benzene rings is 1. The second-order valence-electron chi connectivity index (χ2n) is 7.32. The lowest BCUT2D eigenvalue weighted by molar-refractivity contribution is -0.394. The summed E-state index contributed by atoms with van der Waals surface area (Å²) in [6.07, 6.45) is -0.236. The summed E-state index contributed by atoms with van der Waals surface area (Å²) >= 11 is 0. The second kappa shape index (κ2) is 8.19. The molecule has 0 radical (unpaired) electrons. The summed E-state index contributed by atoms with van der Waals surface area (Å²) in [5.74, 6) is -0.887. The molecule has 1 heterocycles. The number of non-ortho nitro benzene ring substituents is 2. The first kappa shape index (κ1) is 21.1. The van der Waals surface area contributed by atoms with Crippen molar-refractivity contribution in [1.82, 2.24) is 4.90 Å². The summed E-state index contributed by atoms with van der Waals surface area (Å²) in [6.45, 7) is 5.93. The minimum absolute atomic E-state index is 0.268. The van der Waals surface area contributed by atoms with Crippen molar-refractivity contribution in [2.75, 3.05) is 13.1 Å². The molecule has 0 atom stereocenters. The number of nitro benzene ring substituents is 2. The molecule has 1 aromatic rings. The minimum atomic E-state index is -0.887. The topological polar surface area (TPSA) is 142 Å². The molecule has 1 aliphatic rings. The number of carbonyl (C=O) groups is 2. The molecular weight excluding hydrogens is 374 g/mol. The van der Waals surface area contributed by atoms with E-state index in [-0.39, 0.29) is 5.56 Å². The Bertz CT molecular complexity index is 762. The van der Waals surface area contributed by atoms with Crippen LogP contribution in [0.2, 0.25) is 0 Å². The molecule has 152 valence electrons. The van der Waals surface area contributed by atoms with E-state index in [0.29, 0.717) is 25.9 Å². The first-order chi connectivity index (χ1) is 13.0. The molecule has 0 N–H and O–H groups in total. The van der Waals surface area contributed by atoms with Crippen LogP contribution in [0.4, 0.5) is 16.2 Å². The summed E-state index contributed by atoms with van der Waals surface area (Å²) in [6, 6.07) is 2.65. The number of likely N-dealkylation sites (tertiary alicyclic amines) is 1. The maximum Gasteiger partial charge on any atom is 0.410 e. The Kier molecular flexibility index (Phi) is 6.16. The predicted octanol–water partition coefficient (Wildman–Crippen LogP) is 3.06. The fourth-order valence-electron chi connectivity index (χ4n) is 2.63. The van der Waals surface area contributed by atoms with Gasteiger partial charge in [-0.3, -0.25) is 20.2 Å². The van der Waals surface area contributed by atoms with Crippen molar-refractivity contribution in [3.63, 3.8) is 0 Å². The van der Waals surface area contributed by atoms with Crippen LogP contribution < -0.4 is 0 Å². The van der Waals surface area contributed by atoms with E-state index in [1.807, 2.05) is 0 Å². The van der Waals surface area contributed by atoms with Gasteiger partial charge in [-0.25, -0.2) is 9.59 Å². The van der Waals surface area contributed by atoms with Gasteiger partial charge in [0.2, 0.25) is 0 Å². The summed E-state index contributed by atoms with van der Waals surface area (Å²) < 4.78 is 10.6. The van der Waals surface area contributed by atoms with Crippen molar-refractivity contribution in [2.24, 2.45) is 0 Å². The van der Waals surface area contributed by atoms with Gasteiger partial charge in [0.15, 0.2) is 0 Å². The van der Waals surface area contributed by atoms with Crippen molar-refractivity contribution in [3.05, 3.63) is 44.0 Å². The first-order valence-electron chi connectivity index (χ1n) is 8.59. The Morgan fingerprint density at radius 3 is 1.96 bits per heavy atom. The van der Waals surface area contributed by atoms with Gasteiger partial charge in [0.1, 0.15) is 11.7 Å². The van der Waals surface area contributed by atoms with Crippen LogP contribution in [0.15, 0.2) is 18.2 Å². The van der Waals surface area contributed by atoms with Crippen molar-refractivity contribution in [2.45, 2.75) is 45.3 Å². The maximum atomic E-state index is 12.3. The first-order valence-corrected chi connectivity index (χ1v) is 8.59. The second-order valence-corrected chi connectivity index (χ2v) is 7.32. The van der Waals surface area contributed by atoms with Gasteiger partial charge in [0, 0.05) is 38.1 Å². The molecule has 1 aromatic carbocycles. The van der Waals surface area contributed by atoms with Gasteiger partial charge in [-0.15, -0.1) is 0 Å². The highest BCUT2D eigenvalue weighted by atomic mass is 16.6. The number of esters is 1. The molecule has 11 nitrogen and oxygen atoms in total. The van der Waals surface area contributed by atoms with Crippen molar-refractivity contribution in [1.29, 1.82) is 0 Å². The van der Waals surface area contributed by atoms with Crippen LogP contribution in [0, 0.1) is 20.2 Å². The molecule has 1 aliphatic heterocycles. The van der Waals surface area contributed by atoms with E-state index in [2.05, 4.69) is 0 Å². The Balaban J connectivity index is 2.00. The molecule has 0 spiro atoms. The summed E-state index contributed by atoms with van der Waals surface area (Å²) in [5.41, 5.74) is -2.02. The number of amides is 1. The van der Waals surface area contributed by atoms with Crippen molar-refractivity contribution in [3.8, 4) is 0 Å². The van der Waals surface area contributed by atoms with Crippen LogP contribution in [0.25, 0.3) is 0 Å². The van der Waals surface area contributed by atoms with E-state index in [1.54, 1.807) is 20.8 Å². The molecule has 1 fully saturated rings. The van der Waals surface area contributed by atoms with E-state index in [0.717, 1.165) is 18.2 Å². The van der Waals surface area contributed by atoms with Gasteiger partial charge in [-0.2, -0.15) is 0 Å². The normalized spacial score (nSPS) is 15.0. The zero-order chi connectivity index (χ0) is 21.1. The average Bonchev–Trinajstić information content (AvgIpc) is 2.60. The van der Waals surface area contributed by atoms with Crippen LogP contribution in [-0.4, -0.2) is 51.6 Å². The van der Waals surface area contributed by atoms with E-state index >= 15 is 0 Å². The number of ether oxygens (including phenoxy) is 2. The Morgan fingerprint density at radius 1 is 1.04 bits per heavy atom. The largest absolute Gasteiger partial charge is 0.459 e. The van der Waals surface area contributed by atoms with Gasteiger partial charge in [-0.05, 0) is 20.8 Å². The molecule has 0 aliphatic carbocycles. The summed E-state index contributed by atoms with van der Waals surface area (Å²) in [4.78, 5) is 46.0. The number of piperidine rings is 1. The van der Waals surface area contributed by atoms with Gasteiger partial charge in [0.25, 0.3) is 11.4 Å². The lowest BCUT2D eigenvalue weighted by Crippen LogP contribution is -2.43. The molecule has 0 bridgehead atoms. The van der Waals surface area contributed by atoms with Crippen LogP contribution in [0.1, 0.15) is 44.0 Å². The van der Waals surface area contributed by atoms with Crippen LogP contribution in [-0.2, 0) is 9.47 Å². The number of hydrogen-bond donors (Lipinski definition) is 0. The lowest BCUT2D eigenvalue weighted by Gasteiger charge is -2.33. The van der Waals surface area contributed by atoms with Crippen LogP contribution in [0.3, 0.4) is 0 Å². The molecule has 0 aromatic heterocycles. The Morgan fingerprint density at radius 2 is 1.54 bits per heavy atom. The molecule has 0 unspecified atom stereocenters. The Labute approximate surface area is 160 Å². The third kappa shape index (κ3) is 5.63. The number of nitro groups is 2. The molecule has 11 heteroatoms. The fraction of sp³-hybridized carbons (Fsp3) is 0.529. The third-order valence-electron chi connectivity index (χ3n) is 3.93. The fourth-order valence-corrected chi connectivity index (χ4v) is 2.63. The molecule has 1 saturated heterocycles. The lowest BCUT2D eigenvalue weighted by atomic mass is 10.1. The number of nitrogens with zero attached hydrogens (tertiary/aromatic N) is 3. The Hall–Kier alpha value is -3.24. The van der Waals surface area contributed by atoms with Crippen LogP contribution >= 0.6 is 0 Å². The standard InChI is InChI=1S/C17H21N3O8/c1-17(2,3)28-16(22)18-6-4-14(5-7-18)27-15(21)11-8-12(19(23)24)10-13(9-11)20(25)26/h8-10,14H,4-7H2,1-3H3. The van der Waals surface area contributed by atoms with E-state index in [4.69, 9.17) is 9.47 Å². The molecule has 28 heavy (non-hydrogen) atoms. The minimum Gasteiger partial charge on any atom is -0.459 e. The quantitative estimate of drug-likeness (QED) is 0.430. The summed E-state index contributed by atoms with van der Waals surface area (Å²) in [5, 5.41) is 21.8. The zero-order valence-corrected chi connectivity index (χ0v) is 15.7. The maximum absolute atomic E-state index is 12.3. The number of carbonyl (C=O) groups excluding carboxylic acids is 2. The SMILES string of the molecule is CC(C)(C)OC(=O)N1CCC(OC(=O)c2cc([N+](=O)[O-])cc([N+](=O)[O-])c2)CC1. The van der Waals surface area contributed by atoms with Gasteiger partial charge in [0.05, 0.1) is 21.5 Å². The highest BCUT2D eigenvalue weighted by Gasteiger charge is 2.29. The number of hydrogen-bond acceptors (Lipinski definition) is 8. The van der Waals surface area contributed by atoms with Crippen molar-refractivity contribution < 1.29 is 28.9 Å². The summed E-state index contributed by atoms with van der Waals surface area (Å²) in [7, 11) is 0. The van der Waals surface area contributed by atoms with Crippen LogP contribution in [0.5, 0.6) is 0 Å². The van der Waals surface area contributed by atoms with E-state index in [1.165, 1.54) is 4.90 Å². The van der Waals surface area contributed by atoms with Gasteiger partial charge in [-0.1, -0.05) is 0 Å². The highest BCUT2D eigenvalue weighted by Crippen LogP contribution is 2.24. The average molecular weight is 395 g/mol. The van der Waals surface area contributed by atoms with E-state index < -0.39 is 45.0 Å². The highest BCUT2D eigenvalue weighted by molar-refractivity contribution is 5.91. The molecule has 2 rings (SSSR count). The predicted molar refractivity (Wildman–Crippen MR) is 96.0 cm³/mol. The molecule has 0 saturated carbocycles.